The maximum absolute atomic E-state index is 13.4. The molecule has 4 rings (SSSR count). The molecular formula is C22H23FN4S. The third kappa shape index (κ3) is 3.52. The third-order valence-electron chi connectivity index (χ3n) is 5.14. The maximum Gasteiger partial charge on any atom is 0.170 e. The maximum atomic E-state index is 13.4. The smallest absolute Gasteiger partial charge is 0.170 e. The summed E-state index contributed by atoms with van der Waals surface area (Å²) in [6.07, 6.45) is 5.98. The van der Waals surface area contributed by atoms with Gasteiger partial charge in [-0.1, -0.05) is 19.4 Å². The van der Waals surface area contributed by atoms with Gasteiger partial charge >= 0.3 is 0 Å². The van der Waals surface area contributed by atoms with Gasteiger partial charge in [0.15, 0.2) is 5.11 Å². The highest BCUT2D eigenvalue weighted by Gasteiger charge is 2.40. The normalized spacial score (nSPS) is 19.1. The Kier molecular flexibility index (Phi) is 5.39. The molecule has 0 saturated carbocycles. The van der Waals surface area contributed by atoms with Crippen molar-refractivity contribution in [1.29, 1.82) is 0 Å². The molecule has 1 N–H and O–H groups in total. The fraction of sp³-hybridized carbons (Fsp3) is 0.273. The third-order valence-corrected chi connectivity index (χ3v) is 5.49. The Hall–Kier alpha value is -2.73. The molecule has 6 heteroatoms. The van der Waals surface area contributed by atoms with Crippen molar-refractivity contribution in [3.63, 3.8) is 0 Å². The van der Waals surface area contributed by atoms with Crippen molar-refractivity contribution in [3.05, 3.63) is 84.2 Å². The number of benzene rings is 1. The summed E-state index contributed by atoms with van der Waals surface area (Å²) in [6, 6.07) is 16.6. The highest BCUT2D eigenvalue weighted by atomic mass is 32.1. The summed E-state index contributed by atoms with van der Waals surface area (Å²) in [7, 11) is 0. The summed E-state index contributed by atoms with van der Waals surface area (Å²) in [5.41, 5.74) is 2.99. The monoisotopic (exact) mass is 394 g/mol. The Morgan fingerprint density at radius 3 is 2.64 bits per heavy atom. The molecule has 28 heavy (non-hydrogen) atoms. The lowest BCUT2D eigenvalue weighted by Crippen LogP contribution is -2.31. The van der Waals surface area contributed by atoms with E-state index in [-0.39, 0.29) is 17.9 Å². The summed E-state index contributed by atoms with van der Waals surface area (Å²) < 4.78 is 15.5. The molecule has 1 saturated heterocycles. The Balaban J connectivity index is 1.78. The van der Waals surface area contributed by atoms with E-state index in [4.69, 9.17) is 12.2 Å². The number of aromatic nitrogens is 2. The first-order valence-corrected chi connectivity index (χ1v) is 10.0. The summed E-state index contributed by atoms with van der Waals surface area (Å²) >= 11 is 5.69. The van der Waals surface area contributed by atoms with E-state index < -0.39 is 0 Å². The molecule has 0 aliphatic carbocycles. The fourth-order valence-electron chi connectivity index (χ4n) is 3.77. The molecule has 2 atom stereocenters. The molecule has 2 aromatic heterocycles. The molecule has 1 aliphatic heterocycles. The summed E-state index contributed by atoms with van der Waals surface area (Å²) in [4.78, 5) is 6.83. The van der Waals surface area contributed by atoms with Crippen molar-refractivity contribution >= 4 is 17.3 Å². The number of nitrogens with one attached hydrogen (secondary N) is 1. The number of hydrogen-bond donors (Lipinski definition) is 1. The van der Waals surface area contributed by atoms with Crippen molar-refractivity contribution in [3.8, 4) is 5.69 Å². The van der Waals surface area contributed by atoms with Gasteiger partial charge in [-0.25, -0.2) is 4.39 Å². The van der Waals surface area contributed by atoms with Gasteiger partial charge in [0.2, 0.25) is 0 Å². The minimum absolute atomic E-state index is 0.00834. The Labute approximate surface area is 170 Å². The highest BCUT2D eigenvalue weighted by molar-refractivity contribution is 7.80. The zero-order valence-electron chi connectivity index (χ0n) is 15.8. The lowest BCUT2D eigenvalue weighted by atomic mass is 10.0. The second kappa shape index (κ2) is 8.10. The predicted molar refractivity (Wildman–Crippen MR) is 113 cm³/mol. The molecule has 0 amide bonds. The largest absolute Gasteiger partial charge is 0.352 e. The van der Waals surface area contributed by atoms with E-state index in [0.717, 1.165) is 41.6 Å². The Morgan fingerprint density at radius 2 is 1.93 bits per heavy atom. The van der Waals surface area contributed by atoms with E-state index in [1.54, 1.807) is 12.1 Å². The topological polar surface area (TPSA) is 33.1 Å². The number of pyridine rings is 1. The average molecular weight is 395 g/mol. The molecule has 0 unspecified atom stereocenters. The van der Waals surface area contributed by atoms with Crippen LogP contribution in [0.5, 0.6) is 0 Å². The van der Waals surface area contributed by atoms with Gasteiger partial charge in [-0.3, -0.25) is 4.98 Å². The van der Waals surface area contributed by atoms with Crippen LogP contribution in [0.4, 0.5) is 4.39 Å². The first-order chi connectivity index (χ1) is 13.7. The second-order valence-corrected chi connectivity index (χ2v) is 7.34. The highest BCUT2D eigenvalue weighted by Crippen LogP contribution is 2.39. The van der Waals surface area contributed by atoms with Crippen molar-refractivity contribution in [2.24, 2.45) is 0 Å². The van der Waals surface area contributed by atoms with Crippen molar-refractivity contribution in [2.45, 2.75) is 31.8 Å². The molecule has 1 aromatic carbocycles. The summed E-state index contributed by atoms with van der Waals surface area (Å²) in [5, 5.41) is 4.23. The zero-order chi connectivity index (χ0) is 19.5. The number of halogens is 1. The number of nitrogens with zero attached hydrogens (tertiary/aromatic N) is 3. The van der Waals surface area contributed by atoms with E-state index in [1.807, 2.05) is 36.7 Å². The van der Waals surface area contributed by atoms with Gasteiger partial charge in [0, 0.05) is 30.3 Å². The molecule has 0 bridgehead atoms. The van der Waals surface area contributed by atoms with Gasteiger partial charge in [-0.05, 0) is 67.2 Å². The van der Waals surface area contributed by atoms with Gasteiger partial charge in [0.25, 0.3) is 0 Å². The molecule has 3 aromatic rings. The predicted octanol–water partition coefficient (Wildman–Crippen LogP) is 4.78. The zero-order valence-corrected chi connectivity index (χ0v) is 16.6. The first-order valence-electron chi connectivity index (χ1n) is 9.60. The van der Waals surface area contributed by atoms with Crippen LogP contribution in [-0.4, -0.2) is 26.1 Å². The molecule has 4 nitrogen and oxygen atoms in total. The van der Waals surface area contributed by atoms with Crippen LogP contribution in [0.1, 0.15) is 43.2 Å². The standard InChI is InChI=1S/C22H23FN4S/c1-2-3-14-27-21(20(25-22(27)28)18-7-4-5-13-24-18)19-8-6-15-26(19)17-11-9-16(23)10-12-17/h4-13,15,20-21H,2-3,14H2,1H3,(H,25,28)/t20-,21+/m1/s1. The van der Waals surface area contributed by atoms with Gasteiger partial charge in [0.05, 0.1) is 17.8 Å². The van der Waals surface area contributed by atoms with Gasteiger partial charge in [-0.2, -0.15) is 0 Å². The molecular weight excluding hydrogens is 371 g/mol. The van der Waals surface area contributed by atoms with Crippen LogP contribution >= 0.6 is 12.2 Å². The van der Waals surface area contributed by atoms with Gasteiger partial charge in [-0.15, -0.1) is 0 Å². The quantitative estimate of drug-likeness (QED) is 0.610. The van der Waals surface area contributed by atoms with Crippen molar-refractivity contribution < 1.29 is 4.39 Å². The van der Waals surface area contributed by atoms with Crippen molar-refractivity contribution in [1.82, 2.24) is 19.8 Å². The van der Waals surface area contributed by atoms with E-state index in [1.165, 1.54) is 12.1 Å². The van der Waals surface area contributed by atoms with Gasteiger partial charge < -0.3 is 14.8 Å². The molecule has 144 valence electrons. The van der Waals surface area contributed by atoms with Crippen LogP contribution in [0.15, 0.2) is 67.0 Å². The lowest BCUT2D eigenvalue weighted by molar-refractivity contribution is 0.304. The van der Waals surface area contributed by atoms with E-state index in [9.17, 15) is 4.39 Å². The van der Waals surface area contributed by atoms with Crippen LogP contribution in [0.3, 0.4) is 0 Å². The SMILES string of the molecule is CCCCN1C(=S)N[C@H](c2ccccn2)[C@@H]1c1cccn1-c1ccc(F)cc1. The van der Waals surface area contributed by atoms with Gasteiger partial charge in [0.1, 0.15) is 5.82 Å². The molecule has 0 spiro atoms. The first kappa shape index (κ1) is 18.6. The van der Waals surface area contributed by atoms with Crippen molar-refractivity contribution in [2.75, 3.05) is 6.54 Å². The molecule has 3 heterocycles. The van der Waals surface area contributed by atoms with E-state index >= 15 is 0 Å². The van der Waals surface area contributed by atoms with Crippen LogP contribution < -0.4 is 5.32 Å². The second-order valence-electron chi connectivity index (χ2n) is 6.95. The van der Waals surface area contributed by atoms with E-state index in [2.05, 4.69) is 32.8 Å². The van der Waals surface area contributed by atoms with Crippen LogP contribution in [0.25, 0.3) is 5.69 Å². The van der Waals surface area contributed by atoms with Crippen LogP contribution in [0.2, 0.25) is 0 Å². The number of hydrogen-bond acceptors (Lipinski definition) is 2. The summed E-state index contributed by atoms with van der Waals surface area (Å²) in [5.74, 6) is -0.239. The number of unbranched alkanes of at least 4 members (excludes halogenated alkanes) is 1. The fourth-order valence-corrected chi connectivity index (χ4v) is 4.10. The molecule has 1 aliphatic rings. The Morgan fingerprint density at radius 1 is 1.11 bits per heavy atom. The number of thiocarbonyl (C=S) groups is 1. The Bertz CT molecular complexity index is 939. The summed E-state index contributed by atoms with van der Waals surface area (Å²) in [6.45, 7) is 3.06. The van der Waals surface area contributed by atoms with Crippen LogP contribution in [0, 0.1) is 5.82 Å². The van der Waals surface area contributed by atoms with Crippen LogP contribution in [-0.2, 0) is 0 Å². The average Bonchev–Trinajstić information content (AvgIpc) is 3.32. The lowest BCUT2D eigenvalue weighted by Gasteiger charge is -2.29. The molecule has 0 radical (unpaired) electrons. The molecule has 1 fully saturated rings. The minimum Gasteiger partial charge on any atom is -0.352 e. The van der Waals surface area contributed by atoms with E-state index in [0.29, 0.717) is 0 Å². The minimum atomic E-state index is -0.239. The number of rotatable bonds is 6.